The van der Waals surface area contributed by atoms with E-state index in [1.54, 1.807) is 12.1 Å². The number of phenols is 1. The van der Waals surface area contributed by atoms with Crippen molar-refractivity contribution >= 4 is 47.3 Å². The minimum atomic E-state index is -1.59. The molecule has 0 fully saturated rings. The molecule has 0 spiro atoms. The zero-order chi connectivity index (χ0) is 42.9. The number of carbonyl (C=O) groups is 8. The second kappa shape index (κ2) is 27.3. The summed E-state index contributed by atoms with van der Waals surface area (Å²) in [4.78, 5) is 102. The number of benzene rings is 1. The summed E-state index contributed by atoms with van der Waals surface area (Å²) in [5, 5.41) is 33.7. The van der Waals surface area contributed by atoms with E-state index in [0.29, 0.717) is 57.2 Å². The molecule has 21 nitrogen and oxygen atoms in total. The molecule has 0 saturated heterocycles. The van der Waals surface area contributed by atoms with Crippen LogP contribution in [0.1, 0.15) is 76.7 Å². The number of nitrogens with one attached hydrogen (secondary N) is 6. The topological polar surface area (TPSA) is 379 Å². The van der Waals surface area contributed by atoms with Gasteiger partial charge >= 0.3 is 5.97 Å². The van der Waals surface area contributed by atoms with Crippen molar-refractivity contribution in [3.63, 3.8) is 0 Å². The molecule has 1 aromatic rings. The van der Waals surface area contributed by atoms with Gasteiger partial charge in [0.25, 0.3) is 0 Å². The number of aliphatic carboxylic acids is 1. The lowest BCUT2D eigenvalue weighted by molar-refractivity contribution is -0.142. The molecule has 21 heteroatoms. The Morgan fingerprint density at radius 3 is 1.58 bits per heavy atom. The van der Waals surface area contributed by atoms with Crippen molar-refractivity contribution in [1.29, 1.82) is 0 Å². The van der Waals surface area contributed by atoms with E-state index < -0.39 is 96.5 Å². The van der Waals surface area contributed by atoms with Crippen LogP contribution in [0, 0.1) is 0 Å². The number of rotatable bonds is 29. The van der Waals surface area contributed by atoms with Crippen molar-refractivity contribution in [1.82, 2.24) is 31.9 Å². The average molecular weight is 808 g/mol. The second-order valence-corrected chi connectivity index (χ2v) is 13.6. The molecule has 320 valence electrons. The molecule has 57 heavy (non-hydrogen) atoms. The first-order valence-corrected chi connectivity index (χ1v) is 19.0. The van der Waals surface area contributed by atoms with Crippen molar-refractivity contribution in [3.05, 3.63) is 29.8 Å². The number of phenolic OH excluding ortho intramolecular Hbond substituents is 1. The van der Waals surface area contributed by atoms with Crippen LogP contribution in [-0.2, 0) is 44.8 Å². The van der Waals surface area contributed by atoms with E-state index in [2.05, 4.69) is 31.9 Å². The highest BCUT2D eigenvalue weighted by Gasteiger charge is 2.31. The highest BCUT2D eigenvalue weighted by atomic mass is 16.4. The molecule has 0 unspecified atom stereocenters. The van der Waals surface area contributed by atoms with Gasteiger partial charge in [-0.15, -0.1) is 0 Å². The molecule has 0 saturated carbocycles. The van der Waals surface area contributed by atoms with Crippen LogP contribution in [0.15, 0.2) is 24.3 Å². The predicted molar refractivity (Wildman–Crippen MR) is 208 cm³/mol. The summed E-state index contributed by atoms with van der Waals surface area (Å²) in [5.41, 5.74) is 28.7. The van der Waals surface area contributed by atoms with Gasteiger partial charge in [0.05, 0.1) is 19.0 Å². The first-order chi connectivity index (χ1) is 27.0. The molecule has 0 bridgehead atoms. The number of aromatic hydroxyl groups is 1. The van der Waals surface area contributed by atoms with E-state index in [9.17, 15) is 48.6 Å². The van der Waals surface area contributed by atoms with Crippen LogP contribution >= 0.6 is 0 Å². The van der Waals surface area contributed by atoms with Crippen LogP contribution in [0.3, 0.4) is 0 Å². The Labute approximate surface area is 331 Å². The highest BCUT2D eigenvalue weighted by Crippen LogP contribution is 2.12. The first kappa shape index (κ1) is 49.6. The Bertz CT molecular complexity index is 1480. The summed E-state index contributed by atoms with van der Waals surface area (Å²) in [6, 6.07) is -1.37. The van der Waals surface area contributed by atoms with Crippen molar-refractivity contribution < 1.29 is 48.6 Å². The Balaban J connectivity index is 2.91. The average Bonchev–Trinajstić information content (AvgIpc) is 3.15. The number of unbranched alkanes of at least 4 members (excludes halogenated alkanes) is 3. The summed E-state index contributed by atoms with van der Waals surface area (Å²) in [6.07, 6.45) is 2.65. The zero-order valence-electron chi connectivity index (χ0n) is 32.4. The van der Waals surface area contributed by atoms with Crippen LogP contribution in [-0.4, -0.2) is 120 Å². The standard InChI is InChI=1S/C36H61N11O10/c1-21(43-30(50)20-42-33(53)25(8-2-5-15-37)44-32(52)24(40)18-22-11-13-23(48)14-12-22)31(51)47-28(19-29(41)49)35(55)45-26(9-3-6-16-38)34(54)46-27(36(56)57)10-4-7-17-39/h11-14,21,24-28,48H,2-10,15-20,37-40H2,1H3,(H2,41,49)(H,42,53)(H,43,50)(H,44,52)(H,45,55)(H,46,54)(H,47,51)(H,56,57)/t21-,24-,25-,26-,27-,28-/m0/s1. The lowest BCUT2D eigenvalue weighted by atomic mass is 10.0. The molecular weight excluding hydrogens is 746 g/mol. The smallest absolute Gasteiger partial charge is 0.326 e. The number of nitrogens with two attached hydrogens (primary N) is 5. The van der Waals surface area contributed by atoms with Crippen molar-refractivity contribution in [3.8, 4) is 5.75 Å². The van der Waals surface area contributed by atoms with Crippen molar-refractivity contribution in [2.45, 2.75) is 114 Å². The van der Waals surface area contributed by atoms with Gasteiger partial charge in [0, 0.05) is 0 Å². The van der Waals surface area contributed by atoms with Gasteiger partial charge in [0.2, 0.25) is 41.4 Å². The molecule has 0 aliphatic heterocycles. The quantitative estimate of drug-likeness (QED) is 0.0345. The van der Waals surface area contributed by atoms with Crippen LogP contribution in [0.2, 0.25) is 0 Å². The molecule has 0 aliphatic carbocycles. The van der Waals surface area contributed by atoms with Gasteiger partial charge in [-0.2, -0.15) is 0 Å². The van der Waals surface area contributed by atoms with E-state index in [1.165, 1.54) is 19.1 Å². The Morgan fingerprint density at radius 1 is 0.614 bits per heavy atom. The van der Waals surface area contributed by atoms with Gasteiger partial charge in [0.1, 0.15) is 36.0 Å². The minimum absolute atomic E-state index is 0.0495. The van der Waals surface area contributed by atoms with Crippen LogP contribution in [0.4, 0.5) is 0 Å². The van der Waals surface area contributed by atoms with E-state index in [4.69, 9.17) is 28.7 Å². The summed E-state index contributed by atoms with van der Waals surface area (Å²) in [7, 11) is 0. The number of carbonyl (C=O) groups excluding carboxylic acids is 7. The number of hydrogen-bond donors (Lipinski definition) is 13. The lowest BCUT2D eigenvalue weighted by Gasteiger charge is -2.25. The molecule has 0 aliphatic rings. The monoisotopic (exact) mass is 807 g/mol. The maximum absolute atomic E-state index is 13.3. The minimum Gasteiger partial charge on any atom is -0.508 e. The number of primary amides is 1. The summed E-state index contributed by atoms with van der Waals surface area (Å²) >= 11 is 0. The van der Waals surface area contributed by atoms with Crippen molar-refractivity contribution in [2.75, 3.05) is 26.2 Å². The third-order valence-corrected chi connectivity index (χ3v) is 8.68. The van der Waals surface area contributed by atoms with Gasteiger partial charge in [-0.1, -0.05) is 12.1 Å². The van der Waals surface area contributed by atoms with Gasteiger partial charge in [-0.3, -0.25) is 33.6 Å². The predicted octanol–water partition coefficient (Wildman–Crippen LogP) is -3.83. The van der Waals surface area contributed by atoms with Gasteiger partial charge in [-0.05, 0) is 108 Å². The highest BCUT2D eigenvalue weighted by molar-refractivity contribution is 5.97. The van der Waals surface area contributed by atoms with Crippen LogP contribution in [0.5, 0.6) is 5.75 Å². The largest absolute Gasteiger partial charge is 0.508 e. The zero-order valence-corrected chi connectivity index (χ0v) is 32.4. The Kier molecular flexibility index (Phi) is 23.7. The molecule has 0 aromatic heterocycles. The molecule has 7 amide bonds. The van der Waals surface area contributed by atoms with E-state index >= 15 is 0 Å². The molecule has 1 aromatic carbocycles. The third kappa shape index (κ3) is 20.4. The third-order valence-electron chi connectivity index (χ3n) is 8.68. The maximum atomic E-state index is 13.3. The van der Waals surface area contributed by atoms with Crippen LogP contribution < -0.4 is 60.6 Å². The summed E-state index contributed by atoms with van der Waals surface area (Å²) in [6.45, 7) is 1.65. The Morgan fingerprint density at radius 2 is 1.07 bits per heavy atom. The fourth-order valence-electron chi connectivity index (χ4n) is 5.43. The molecule has 1 rings (SSSR count). The second-order valence-electron chi connectivity index (χ2n) is 13.6. The molecule has 0 heterocycles. The van der Waals surface area contributed by atoms with Gasteiger partial charge < -0.3 is 70.8 Å². The maximum Gasteiger partial charge on any atom is 0.326 e. The van der Waals surface area contributed by atoms with Gasteiger partial charge in [0.15, 0.2) is 0 Å². The van der Waals surface area contributed by atoms with Crippen molar-refractivity contribution in [2.24, 2.45) is 28.7 Å². The summed E-state index contributed by atoms with van der Waals surface area (Å²) in [5.74, 6) is -7.02. The van der Waals surface area contributed by atoms with E-state index in [0.717, 1.165) is 0 Å². The van der Waals surface area contributed by atoms with E-state index in [1.807, 2.05) is 0 Å². The number of hydrogen-bond acceptors (Lipinski definition) is 13. The number of carboxylic acid groups (broad SMARTS) is 1. The molecular formula is C36H61N11O10. The number of amides is 7. The molecule has 18 N–H and O–H groups in total. The van der Waals surface area contributed by atoms with Gasteiger partial charge in [-0.25, -0.2) is 4.79 Å². The van der Waals surface area contributed by atoms with Crippen LogP contribution in [0.25, 0.3) is 0 Å². The molecule has 6 atom stereocenters. The molecule has 0 radical (unpaired) electrons. The normalized spacial score (nSPS) is 14.1. The lowest BCUT2D eigenvalue weighted by Crippen LogP contribution is -2.58. The SMILES string of the molecule is C[C@H](NC(=O)CNC(=O)[C@H](CCCCN)NC(=O)[C@@H](N)Cc1ccc(O)cc1)C(=O)N[C@@H](CC(N)=O)C(=O)N[C@@H](CCCCN)C(=O)N[C@@H](CCCCN)C(=O)O. The Hall–Kier alpha value is -5.38. The fraction of sp³-hybridized carbons (Fsp3) is 0.611. The number of carboxylic acids is 1. The first-order valence-electron chi connectivity index (χ1n) is 19.0. The summed E-state index contributed by atoms with van der Waals surface area (Å²) < 4.78 is 0. The fourth-order valence-corrected chi connectivity index (χ4v) is 5.43. The van der Waals surface area contributed by atoms with E-state index in [-0.39, 0.29) is 38.0 Å².